The number of morpholine rings is 1. The van der Waals surface area contributed by atoms with E-state index < -0.39 is 41.1 Å². The summed E-state index contributed by atoms with van der Waals surface area (Å²) in [5, 5.41) is 8.38. The van der Waals surface area contributed by atoms with Crippen LogP contribution in [-0.2, 0) is 17.5 Å². The van der Waals surface area contributed by atoms with Gasteiger partial charge < -0.3 is 14.2 Å². The Hall–Kier alpha value is -3.34. The molecule has 0 N–H and O–H groups in total. The predicted molar refractivity (Wildman–Crippen MR) is 98.2 cm³/mol. The number of fused-ring (bicyclic) bond motifs is 4. The van der Waals surface area contributed by atoms with Gasteiger partial charge in [0.05, 0.1) is 30.4 Å². The summed E-state index contributed by atoms with van der Waals surface area (Å²) in [4.78, 5) is 18.8. The van der Waals surface area contributed by atoms with Crippen molar-refractivity contribution in [3.8, 4) is 11.5 Å². The Balaban J connectivity index is 1.55. The van der Waals surface area contributed by atoms with Crippen molar-refractivity contribution >= 4 is 5.91 Å². The van der Waals surface area contributed by atoms with Crippen LogP contribution < -0.4 is 0 Å². The highest BCUT2D eigenvalue weighted by atomic mass is 19.4. The highest BCUT2D eigenvalue weighted by Gasteiger charge is 2.45. The molecule has 1 saturated heterocycles. The van der Waals surface area contributed by atoms with Crippen molar-refractivity contribution in [3.05, 3.63) is 65.4 Å². The number of halogens is 4. The first-order valence-corrected chi connectivity index (χ1v) is 9.47. The zero-order valence-corrected chi connectivity index (χ0v) is 15.9. The molecule has 5 rings (SSSR count). The zero-order valence-electron chi connectivity index (χ0n) is 15.9. The first-order chi connectivity index (χ1) is 14.9. The van der Waals surface area contributed by atoms with E-state index in [0.717, 1.165) is 12.1 Å². The third-order valence-corrected chi connectivity index (χ3v) is 5.45. The lowest BCUT2D eigenvalue weighted by molar-refractivity contribution is -0.140. The van der Waals surface area contributed by atoms with Crippen LogP contribution in [-0.4, -0.2) is 49.8 Å². The number of carbonyl (C=O) groups excluding carboxylic acids is 1. The van der Waals surface area contributed by atoms with E-state index in [-0.39, 0.29) is 19.8 Å². The van der Waals surface area contributed by atoms with Gasteiger partial charge in [0.25, 0.3) is 5.91 Å². The summed E-state index contributed by atoms with van der Waals surface area (Å²) in [5.41, 5.74) is -1.51. The van der Waals surface area contributed by atoms with Crippen LogP contribution in [0.1, 0.15) is 27.8 Å². The standard InChI is InChI=1S/C20H15F4N5O2/c21-16-12(4-3-5-13(16)20(22,23)24)19(30)29-11-8-28-17(14-6-1-2-7-25-14)26-27-18(28)15(29)10-31-9-11/h1-7,11,15H,8-10H2/t11-,15-/m1/s1. The van der Waals surface area contributed by atoms with Crippen LogP contribution in [0, 0.1) is 5.82 Å². The molecule has 7 nitrogen and oxygen atoms in total. The van der Waals surface area contributed by atoms with Gasteiger partial charge in [-0.15, -0.1) is 10.2 Å². The number of alkyl halides is 3. The third-order valence-electron chi connectivity index (χ3n) is 5.45. The summed E-state index contributed by atoms with van der Waals surface area (Å²) in [6, 6.07) is 6.82. The number of aromatic nitrogens is 4. The molecular formula is C20H15F4N5O2. The molecule has 2 bridgehead atoms. The first kappa shape index (κ1) is 19.6. The van der Waals surface area contributed by atoms with Crippen molar-refractivity contribution in [1.82, 2.24) is 24.6 Å². The molecule has 1 amide bonds. The van der Waals surface area contributed by atoms with Gasteiger partial charge in [-0.2, -0.15) is 13.2 Å². The Morgan fingerprint density at radius 1 is 1.10 bits per heavy atom. The van der Waals surface area contributed by atoms with Crippen molar-refractivity contribution in [2.45, 2.75) is 24.8 Å². The number of benzene rings is 1. The molecule has 31 heavy (non-hydrogen) atoms. The number of carbonyl (C=O) groups is 1. The maximum absolute atomic E-state index is 14.6. The van der Waals surface area contributed by atoms with Crippen molar-refractivity contribution < 1.29 is 27.1 Å². The second-order valence-electron chi connectivity index (χ2n) is 7.29. The molecule has 3 aromatic rings. The summed E-state index contributed by atoms with van der Waals surface area (Å²) in [6.07, 6.45) is -3.28. The Kier molecular flexibility index (Phi) is 4.50. The maximum atomic E-state index is 14.6. The monoisotopic (exact) mass is 433 g/mol. The van der Waals surface area contributed by atoms with Crippen LogP contribution in [0.15, 0.2) is 42.6 Å². The summed E-state index contributed by atoms with van der Waals surface area (Å²) < 4.78 is 61.4. The lowest BCUT2D eigenvalue weighted by atomic mass is 10.0. The van der Waals surface area contributed by atoms with Gasteiger partial charge in [0.2, 0.25) is 0 Å². The van der Waals surface area contributed by atoms with Gasteiger partial charge >= 0.3 is 6.18 Å². The second-order valence-corrected chi connectivity index (χ2v) is 7.29. The number of amides is 1. The highest BCUT2D eigenvalue weighted by molar-refractivity contribution is 5.95. The first-order valence-electron chi connectivity index (χ1n) is 9.47. The van der Waals surface area contributed by atoms with E-state index in [1.165, 1.54) is 4.90 Å². The fourth-order valence-corrected chi connectivity index (χ4v) is 4.07. The van der Waals surface area contributed by atoms with Crippen LogP contribution in [0.5, 0.6) is 0 Å². The minimum atomic E-state index is -4.90. The van der Waals surface area contributed by atoms with Crippen LogP contribution in [0.4, 0.5) is 17.6 Å². The Bertz CT molecular complexity index is 1150. The lowest BCUT2D eigenvalue weighted by Crippen LogP contribution is -2.56. The molecule has 2 aromatic heterocycles. The normalized spacial score (nSPS) is 20.5. The molecule has 160 valence electrons. The molecule has 2 atom stereocenters. The predicted octanol–water partition coefficient (Wildman–Crippen LogP) is 3.09. The summed E-state index contributed by atoms with van der Waals surface area (Å²) in [7, 11) is 0. The van der Waals surface area contributed by atoms with Gasteiger partial charge in [-0.05, 0) is 24.3 Å². The number of hydrogen-bond donors (Lipinski definition) is 0. The van der Waals surface area contributed by atoms with Gasteiger partial charge in [-0.3, -0.25) is 9.78 Å². The number of hydrogen-bond acceptors (Lipinski definition) is 5. The van der Waals surface area contributed by atoms with Crippen molar-refractivity contribution in [3.63, 3.8) is 0 Å². The van der Waals surface area contributed by atoms with Crippen molar-refractivity contribution in [2.75, 3.05) is 13.2 Å². The summed E-state index contributed by atoms with van der Waals surface area (Å²) in [6.45, 7) is 0.475. The average Bonchev–Trinajstić information content (AvgIpc) is 3.16. The molecule has 2 aliphatic rings. The molecule has 11 heteroatoms. The van der Waals surface area contributed by atoms with Crippen LogP contribution >= 0.6 is 0 Å². The minimum absolute atomic E-state index is 0.0726. The lowest BCUT2D eigenvalue weighted by Gasteiger charge is -2.45. The number of ether oxygens (including phenoxy) is 1. The smallest absolute Gasteiger partial charge is 0.377 e. The number of rotatable bonds is 2. The van der Waals surface area contributed by atoms with E-state index in [1.54, 1.807) is 18.3 Å². The van der Waals surface area contributed by atoms with E-state index >= 15 is 0 Å². The molecule has 4 heterocycles. The molecule has 2 aliphatic heterocycles. The molecule has 0 saturated carbocycles. The van der Waals surface area contributed by atoms with Crippen molar-refractivity contribution in [2.24, 2.45) is 0 Å². The molecule has 1 aromatic carbocycles. The van der Waals surface area contributed by atoms with Gasteiger partial charge in [0, 0.05) is 12.7 Å². The molecular weight excluding hydrogens is 418 g/mol. The maximum Gasteiger partial charge on any atom is 0.419 e. The van der Waals surface area contributed by atoms with E-state index in [0.29, 0.717) is 23.4 Å². The van der Waals surface area contributed by atoms with E-state index in [4.69, 9.17) is 4.74 Å². The molecule has 0 radical (unpaired) electrons. The van der Waals surface area contributed by atoms with Crippen LogP contribution in [0.25, 0.3) is 11.5 Å². The Labute approximate surface area is 173 Å². The third kappa shape index (κ3) is 3.16. The van der Waals surface area contributed by atoms with Crippen LogP contribution in [0.2, 0.25) is 0 Å². The summed E-state index contributed by atoms with van der Waals surface area (Å²) in [5.74, 6) is -1.49. The number of pyridine rings is 1. The Morgan fingerprint density at radius 2 is 1.94 bits per heavy atom. The summed E-state index contributed by atoms with van der Waals surface area (Å²) >= 11 is 0. The minimum Gasteiger partial charge on any atom is -0.377 e. The van der Waals surface area contributed by atoms with Crippen LogP contribution in [0.3, 0.4) is 0 Å². The largest absolute Gasteiger partial charge is 0.419 e. The van der Waals surface area contributed by atoms with Gasteiger partial charge in [-0.1, -0.05) is 12.1 Å². The average molecular weight is 433 g/mol. The molecule has 0 unspecified atom stereocenters. The van der Waals surface area contributed by atoms with Gasteiger partial charge in [-0.25, -0.2) is 4.39 Å². The fraction of sp³-hybridized carbons (Fsp3) is 0.300. The molecule has 0 aliphatic carbocycles. The second kappa shape index (κ2) is 7.12. The fourth-order valence-electron chi connectivity index (χ4n) is 4.07. The SMILES string of the molecule is O=C(c1cccc(C(F)(F)F)c1F)N1[C@H]2COC[C@@H]1c1nnc(-c3ccccn3)n1C2. The van der Waals surface area contributed by atoms with Gasteiger partial charge in [0.1, 0.15) is 17.6 Å². The molecule has 1 fully saturated rings. The van der Waals surface area contributed by atoms with Gasteiger partial charge in [0.15, 0.2) is 11.6 Å². The topological polar surface area (TPSA) is 73.1 Å². The van der Waals surface area contributed by atoms with E-state index in [9.17, 15) is 22.4 Å². The van der Waals surface area contributed by atoms with E-state index in [1.807, 2.05) is 10.6 Å². The quantitative estimate of drug-likeness (QED) is 0.581. The zero-order chi connectivity index (χ0) is 21.8. The highest BCUT2D eigenvalue weighted by Crippen LogP contribution is 2.37. The number of nitrogens with zero attached hydrogens (tertiary/aromatic N) is 5. The molecule has 0 spiro atoms. The Morgan fingerprint density at radius 3 is 2.68 bits per heavy atom. The van der Waals surface area contributed by atoms with E-state index in [2.05, 4.69) is 15.2 Å². The van der Waals surface area contributed by atoms with Crippen molar-refractivity contribution in [1.29, 1.82) is 0 Å².